The molecule has 3 rings (SSSR count). The molecule has 0 aromatic rings. The summed E-state index contributed by atoms with van der Waals surface area (Å²) in [7, 11) is 1.71. The lowest BCUT2D eigenvalue weighted by molar-refractivity contribution is -0.153. The highest BCUT2D eigenvalue weighted by molar-refractivity contribution is 5.99. The Bertz CT molecular complexity index is 910. The van der Waals surface area contributed by atoms with E-state index < -0.39 is 29.0 Å². The van der Waals surface area contributed by atoms with Crippen LogP contribution in [0.4, 0.5) is 0 Å². The summed E-state index contributed by atoms with van der Waals surface area (Å²) in [6.07, 6.45) is 6.09. The molecule has 37 heavy (non-hydrogen) atoms. The zero-order valence-corrected chi connectivity index (χ0v) is 23.7. The van der Waals surface area contributed by atoms with Crippen molar-refractivity contribution >= 4 is 17.7 Å². The molecule has 3 aliphatic heterocycles. The molecule has 0 radical (unpaired) electrons. The molecule has 5 atom stereocenters. The van der Waals surface area contributed by atoms with Gasteiger partial charge in [0.25, 0.3) is 0 Å². The molecule has 0 aromatic heterocycles. The Balaban J connectivity index is 2.05. The fraction of sp³-hybridized carbons (Fsp3) is 0.759. The van der Waals surface area contributed by atoms with Gasteiger partial charge < -0.3 is 24.5 Å². The van der Waals surface area contributed by atoms with Gasteiger partial charge in [0, 0.05) is 38.8 Å². The van der Waals surface area contributed by atoms with Crippen LogP contribution in [0.5, 0.6) is 0 Å². The molecule has 3 heterocycles. The summed E-state index contributed by atoms with van der Waals surface area (Å²) in [6, 6.07) is -0.810. The number of aliphatic hydroxyl groups excluding tert-OH is 1. The lowest BCUT2D eigenvalue weighted by Gasteiger charge is -2.45. The Hall–Kier alpha value is -2.19. The molecular weight excluding hydrogens is 470 g/mol. The second kappa shape index (κ2) is 10.9. The fourth-order valence-electron chi connectivity index (χ4n) is 7.19. The molecular formula is C29H47N3O5. The highest BCUT2D eigenvalue weighted by Gasteiger charge is 2.75. The quantitative estimate of drug-likeness (QED) is 0.318. The lowest BCUT2D eigenvalue weighted by atomic mass is 9.70. The van der Waals surface area contributed by atoms with Crippen molar-refractivity contribution in [1.29, 1.82) is 0 Å². The number of likely N-dealkylation sites (N-methyl/N-ethyl adjacent to an activating group) is 1. The summed E-state index contributed by atoms with van der Waals surface area (Å²) in [6.45, 7) is 19.3. The number of unbranched alkanes of at least 4 members (excludes halogenated alkanes) is 1. The predicted molar refractivity (Wildman–Crippen MR) is 144 cm³/mol. The molecule has 3 aliphatic rings. The highest BCUT2D eigenvalue weighted by Crippen LogP contribution is 2.59. The summed E-state index contributed by atoms with van der Waals surface area (Å²) in [5.41, 5.74) is -1.54. The second-order valence-corrected chi connectivity index (χ2v) is 12.8. The van der Waals surface area contributed by atoms with Crippen molar-refractivity contribution in [3.05, 3.63) is 25.3 Å². The third-order valence-corrected chi connectivity index (χ3v) is 8.18. The molecule has 0 aliphatic carbocycles. The van der Waals surface area contributed by atoms with E-state index in [0.717, 1.165) is 6.42 Å². The SMILES string of the molecule is C=CCN(C)C(=O)[C@@H]1[C@H]2C(=O)N(CCCCO)C(C(=O)N(CC=C)C(C)(C)CC(C)(C)C)C23CC[C@H]1O3. The highest BCUT2D eigenvalue weighted by atomic mass is 16.5. The largest absolute Gasteiger partial charge is 0.396 e. The predicted octanol–water partition coefficient (Wildman–Crippen LogP) is 3.01. The van der Waals surface area contributed by atoms with Crippen LogP contribution in [0.15, 0.2) is 25.3 Å². The van der Waals surface area contributed by atoms with E-state index in [9.17, 15) is 19.5 Å². The Morgan fingerprint density at radius 3 is 2.35 bits per heavy atom. The van der Waals surface area contributed by atoms with Crippen molar-refractivity contribution in [2.75, 3.05) is 33.3 Å². The van der Waals surface area contributed by atoms with E-state index in [-0.39, 0.29) is 35.8 Å². The minimum Gasteiger partial charge on any atom is -0.396 e. The first-order valence-corrected chi connectivity index (χ1v) is 13.6. The lowest BCUT2D eigenvalue weighted by Crippen LogP contribution is -2.61. The van der Waals surface area contributed by atoms with Crippen LogP contribution in [0.2, 0.25) is 0 Å². The van der Waals surface area contributed by atoms with Crippen molar-refractivity contribution in [2.45, 2.75) is 90.0 Å². The van der Waals surface area contributed by atoms with Crippen molar-refractivity contribution < 1.29 is 24.2 Å². The molecule has 1 spiro atoms. The Morgan fingerprint density at radius 2 is 1.78 bits per heavy atom. The van der Waals surface area contributed by atoms with Gasteiger partial charge in [-0.2, -0.15) is 0 Å². The summed E-state index contributed by atoms with van der Waals surface area (Å²) in [5.74, 6) is -1.77. The minimum atomic E-state index is -1.02. The van der Waals surface area contributed by atoms with Crippen molar-refractivity contribution in [3.8, 4) is 0 Å². The first kappa shape index (κ1) is 29.4. The first-order chi connectivity index (χ1) is 17.3. The Labute approximate surface area is 222 Å². The smallest absolute Gasteiger partial charge is 0.249 e. The summed E-state index contributed by atoms with van der Waals surface area (Å²) in [4.78, 5) is 47.2. The Morgan fingerprint density at radius 1 is 1.14 bits per heavy atom. The van der Waals surface area contributed by atoms with Gasteiger partial charge in [0.1, 0.15) is 11.6 Å². The topological polar surface area (TPSA) is 90.4 Å². The molecule has 0 aromatic carbocycles. The number of likely N-dealkylation sites (tertiary alicyclic amines) is 1. The summed E-state index contributed by atoms with van der Waals surface area (Å²) in [5, 5.41) is 9.37. The number of carbonyl (C=O) groups excluding carboxylic acids is 3. The molecule has 8 nitrogen and oxygen atoms in total. The zero-order chi connectivity index (χ0) is 27.8. The molecule has 3 amide bonds. The van der Waals surface area contributed by atoms with Crippen LogP contribution in [0.3, 0.4) is 0 Å². The number of hydrogen-bond donors (Lipinski definition) is 1. The van der Waals surface area contributed by atoms with Crippen molar-refractivity contribution in [3.63, 3.8) is 0 Å². The van der Waals surface area contributed by atoms with Crippen LogP contribution in [0.25, 0.3) is 0 Å². The first-order valence-electron chi connectivity index (χ1n) is 13.6. The number of amides is 3. The van der Waals surface area contributed by atoms with Gasteiger partial charge in [0.2, 0.25) is 17.7 Å². The van der Waals surface area contributed by atoms with Crippen LogP contribution in [-0.4, -0.2) is 94.1 Å². The normalized spacial score (nSPS) is 28.8. The number of ether oxygens (including phenoxy) is 1. The minimum absolute atomic E-state index is 0.0163. The van der Waals surface area contributed by atoms with E-state index in [2.05, 4.69) is 47.8 Å². The van der Waals surface area contributed by atoms with Crippen molar-refractivity contribution in [1.82, 2.24) is 14.7 Å². The van der Waals surface area contributed by atoms with Crippen LogP contribution < -0.4 is 0 Å². The van der Waals surface area contributed by atoms with E-state index in [4.69, 9.17) is 4.74 Å². The number of rotatable bonds is 12. The molecule has 2 unspecified atom stereocenters. The standard InChI is InChI=1S/C29H47N3O5/c1-9-15-30(8)24(34)21-20-13-14-29(37-20)22(21)25(35)31(17-11-12-18-33)23(29)26(36)32(16-10-2)28(6,7)19-27(3,4)5/h9-10,20-23,33H,1-2,11-19H2,3-8H3/t20-,21+,22+,23?,29?/m1/s1. The molecule has 1 N–H and O–H groups in total. The number of aliphatic hydroxyl groups is 1. The van der Waals surface area contributed by atoms with E-state index in [1.54, 1.807) is 29.0 Å². The monoisotopic (exact) mass is 517 g/mol. The average Bonchev–Trinajstić information content (AvgIpc) is 3.43. The van der Waals surface area contributed by atoms with Gasteiger partial charge >= 0.3 is 0 Å². The zero-order valence-electron chi connectivity index (χ0n) is 23.7. The maximum absolute atomic E-state index is 14.5. The molecule has 3 saturated heterocycles. The van der Waals surface area contributed by atoms with E-state index in [1.165, 1.54) is 0 Å². The number of fused-ring (bicyclic) bond motifs is 1. The summed E-state index contributed by atoms with van der Waals surface area (Å²) < 4.78 is 6.57. The van der Waals surface area contributed by atoms with Gasteiger partial charge in [-0.25, -0.2) is 0 Å². The van der Waals surface area contributed by atoms with Gasteiger partial charge in [-0.1, -0.05) is 32.9 Å². The van der Waals surface area contributed by atoms with Crippen molar-refractivity contribution in [2.24, 2.45) is 17.3 Å². The number of carbonyl (C=O) groups is 3. The van der Waals surface area contributed by atoms with E-state index >= 15 is 0 Å². The second-order valence-electron chi connectivity index (χ2n) is 12.8. The van der Waals surface area contributed by atoms with E-state index in [1.807, 2.05) is 4.90 Å². The molecule has 0 saturated carbocycles. The molecule has 208 valence electrons. The van der Waals surface area contributed by atoms with Crippen LogP contribution >= 0.6 is 0 Å². The Kier molecular flexibility index (Phi) is 8.64. The maximum atomic E-state index is 14.5. The molecule has 3 fully saturated rings. The number of hydrogen-bond acceptors (Lipinski definition) is 5. The average molecular weight is 518 g/mol. The van der Waals surface area contributed by atoms with Crippen LogP contribution in [0, 0.1) is 17.3 Å². The van der Waals surface area contributed by atoms with Gasteiger partial charge in [-0.15, -0.1) is 13.2 Å². The van der Waals surface area contributed by atoms with Gasteiger partial charge in [-0.05, 0) is 51.4 Å². The van der Waals surface area contributed by atoms with Gasteiger partial charge in [-0.3, -0.25) is 14.4 Å². The van der Waals surface area contributed by atoms with E-state index in [0.29, 0.717) is 45.3 Å². The molecule has 2 bridgehead atoms. The van der Waals surface area contributed by atoms with Gasteiger partial charge in [0.05, 0.1) is 17.9 Å². The van der Waals surface area contributed by atoms with Crippen LogP contribution in [-0.2, 0) is 19.1 Å². The maximum Gasteiger partial charge on any atom is 0.249 e. The summed E-state index contributed by atoms with van der Waals surface area (Å²) >= 11 is 0. The molecule has 8 heteroatoms. The van der Waals surface area contributed by atoms with Gasteiger partial charge in [0.15, 0.2) is 0 Å². The number of nitrogens with zero attached hydrogens (tertiary/aromatic N) is 3. The fourth-order valence-corrected chi connectivity index (χ4v) is 7.19. The van der Waals surface area contributed by atoms with Crippen LogP contribution in [0.1, 0.15) is 66.7 Å². The third-order valence-electron chi connectivity index (χ3n) is 8.18. The third kappa shape index (κ3) is 5.37.